The average Bonchev–Trinajstić information content (AvgIpc) is 3.20. The Morgan fingerprint density at radius 2 is 1.88 bits per heavy atom. The fraction of sp³-hybridized carbons (Fsp3) is 0.346. The number of nitrogens with one attached hydrogen (secondary N) is 1. The highest BCUT2D eigenvalue weighted by Crippen LogP contribution is 2.33. The zero-order chi connectivity index (χ0) is 22.5. The highest BCUT2D eigenvalue weighted by atomic mass is 16.3. The third kappa shape index (κ3) is 4.74. The SMILES string of the molecule is Cc1c(C(=O)N[C@@H](C)c2ccccc2)ncn1[C@@H]1CCCC[C@H]1N=Cc1ccccc1O. The quantitative estimate of drug-likeness (QED) is 0.541. The lowest BCUT2D eigenvalue weighted by molar-refractivity contribution is 0.0934. The number of phenols is 1. The van der Waals surface area contributed by atoms with E-state index >= 15 is 0 Å². The molecule has 4 rings (SSSR count). The van der Waals surface area contributed by atoms with Gasteiger partial charge in [0, 0.05) is 17.5 Å². The van der Waals surface area contributed by atoms with E-state index < -0.39 is 0 Å². The van der Waals surface area contributed by atoms with E-state index in [1.807, 2.05) is 56.3 Å². The number of aromatic hydroxyl groups is 1. The summed E-state index contributed by atoms with van der Waals surface area (Å²) >= 11 is 0. The van der Waals surface area contributed by atoms with Crippen molar-refractivity contribution in [2.24, 2.45) is 4.99 Å². The predicted octanol–water partition coefficient (Wildman–Crippen LogP) is 4.99. The van der Waals surface area contributed by atoms with Gasteiger partial charge in [0.15, 0.2) is 0 Å². The first kappa shape index (κ1) is 21.8. The Labute approximate surface area is 189 Å². The maximum absolute atomic E-state index is 12.9. The monoisotopic (exact) mass is 430 g/mol. The highest BCUT2D eigenvalue weighted by molar-refractivity contribution is 5.93. The lowest BCUT2D eigenvalue weighted by Gasteiger charge is -2.30. The first-order valence-corrected chi connectivity index (χ1v) is 11.2. The lowest BCUT2D eigenvalue weighted by Crippen LogP contribution is -2.29. The van der Waals surface area contributed by atoms with E-state index in [0.717, 1.165) is 36.9 Å². The molecule has 32 heavy (non-hydrogen) atoms. The number of amides is 1. The van der Waals surface area contributed by atoms with Crippen molar-refractivity contribution in [3.63, 3.8) is 0 Å². The second-order valence-electron chi connectivity index (χ2n) is 8.45. The average molecular weight is 431 g/mol. The van der Waals surface area contributed by atoms with Crippen LogP contribution in [0.3, 0.4) is 0 Å². The molecule has 1 aromatic heterocycles. The van der Waals surface area contributed by atoms with Crippen molar-refractivity contribution in [3.8, 4) is 5.75 Å². The van der Waals surface area contributed by atoms with Gasteiger partial charge in [-0.2, -0.15) is 0 Å². The van der Waals surface area contributed by atoms with Crippen LogP contribution >= 0.6 is 0 Å². The van der Waals surface area contributed by atoms with Gasteiger partial charge in [0.2, 0.25) is 0 Å². The number of imidazole rings is 1. The number of para-hydroxylation sites is 1. The lowest BCUT2D eigenvalue weighted by atomic mass is 9.90. The topological polar surface area (TPSA) is 79.5 Å². The number of benzene rings is 2. The molecule has 1 amide bonds. The number of aliphatic imine (C=N–C) groups is 1. The zero-order valence-corrected chi connectivity index (χ0v) is 18.6. The molecule has 0 aliphatic heterocycles. The van der Waals surface area contributed by atoms with E-state index in [1.165, 1.54) is 0 Å². The molecule has 0 radical (unpaired) electrons. The molecule has 1 fully saturated rings. The van der Waals surface area contributed by atoms with E-state index in [9.17, 15) is 9.90 Å². The summed E-state index contributed by atoms with van der Waals surface area (Å²) in [6, 6.07) is 17.3. The molecule has 0 bridgehead atoms. The van der Waals surface area contributed by atoms with Crippen LogP contribution in [0, 0.1) is 6.92 Å². The number of carbonyl (C=O) groups excluding carboxylic acids is 1. The van der Waals surface area contributed by atoms with Gasteiger partial charge in [-0.3, -0.25) is 9.79 Å². The summed E-state index contributed by atoms with van der Waals surface area (Å²) in [5, 5.41) is 13.1. The molecule has 3 atom stereocenters. The Morgan fingerprint density at radius 3 is 2.66 bits per heavy atom. The van der Waals surface area contributed by atoms with Gasteiger partial charge in [0.05, 0.1) is 24.5 Å². The van der Waals surface area contributed by atoms with Crippen molar-refractivity contribution in [2.75, 3.05) is 0 Å². The Balaban J connectivity index is 1.51. The van der Waals surface area contributed by atoms with Crippen molar-refractivity contribution in [3.05, 3.63) is 83.4 Å². The van der Waals surface area contributed by atoms with Crippen LogP contribution < -0.4 is 5.32 Å². The summed E-state index contributed by atoms with van der Waals surface area (Å²) in [5.41, 5.74) is 3.09. The predicted molar refractivity (Wildman–Crippen MR) is 126 cm³/mol. The third-order valence-corrected chi connectivity index (χ3v) is 6.30. The van der Waals surface area contributed by atoms with Crippen LogP contribution in [-0.2, 0) is 0 Å². The van der Waals surface area contributed by atoms with E-state index in [0.29, 0.717) is 11.3 Å². The number of hydrogen-bond donors (Lipinski definition) is 2. The van der Waals surface area contributed by atoms with Gasteiger partial charge in [-0.1, -0.05) is 55.3 Å². The Bertz CT molecular complexity index is 1090. The van der Waals surface area contributed by atoms with Gasteiger partial charge in [-0.05, 0) is 44.4 Å². The number of hydrogen-bond acceptors (Lipinski definition) is 4. The number of aromatic nitrogens is 2. The van der Waals surface area contributed by atoms with Gasteiger partial charge in [0.25, 0.3) is 5.91 Å². The van der Waals surface area contributed by atoms with Crippen molar-refractivity contribution < 1.29 is 9.90 Å². The third-order valence-electron chi connectivity index (χ3n) is 6.30. The van der Waals surface area contributed by atoms with Gasteiger partial charge in [-0.15, -0.1) is 0 Å². The molecule has 6 nitrogen and oxygen atoms in total. The van der Waals surface area contributed by atoms with Gasteiger partial charge in [0.1, 0.15) is 11.4 Å². The van der Waals surface area contributed by atoms with Gasteiger partial charge in [-0.25, -0.2) is 4.98 Å². The summed E-state index contributed by atoms with van der Waals surface area (Å²) in [4.78, 5) is 22.2. The highest BCUT2D eigenvalue weighted by Gasteiger charge is 2.29. The molecule has 6 heteroatoms. The van der Waals surface area contributed by atoms with Crippen molar-refractivity contribution in [1.29, 1.82) is 0 Å². The molecule has 0 saturated heterocycles. The molecular formula is C26H30N4O2. The number of rotatable bonds is 6. The van der Waals surface area contributed by atoms with E-state index in [1.54, 1.807) is 24.7 Å². The number of phenolic OH excluding ortho intramolecular Hbond substituents is 1. The summed E-state index contributed by atoms with van der Waals surface area (Å²) in [7, 11) is 0. The van der Waals surface area contributed by atoms with Crippen LogP contribution in [0.25, 0.3) is 0 Å². The maximum atomic E-state index is 12.9. The van der Waals surface area contributed by atoms with Crippen LogP contribution in [0.5, 0.6) is 5.75 Å². The summed E-state index contributed by atoms with van der Waals surface area (Å²) in [6.07, 6.45) is 7.74. The van der Waals surface area contributed by atoms with Crippen LogP contribution in [0.15, 0.2) is 65.9 Å². The fourth-order valence-corrected chi connectivity index (χ4v) is 4.43. The smallest absolute Gasteiger partial charge is 0.272 e. The Kier molecular flexibility index (Phi) is 6.69. The minimum Gasteiger partial charge on any atom is -0.507 e. The Hall–Kier alpha value is -3.41. The van der Waals surface area contributed by atoms with Crippen molar-refractivity contribution in [2.45, 2.75) is 57.7 Å². The van der Waals surface area contributed by atoms with Crippen LogP contribution in [-0.4, -0.2) is 32.8 Å². The molecule has 0 unspecified atom stereocenters. The zero-order valence-electron chi connectivity index (χ0n) is 18.6. The second kappa shape index (κ2) is 9.81. The molecule has 1 aliphatic carbocycles. The first-order chi connectivity index (χ1) is 15.5. The van der Waals surface area contributed by atoms with Crippen molar-refractivity contribution in [1.82, 2.24) is 14.9 Å². The van der Waals surface area contributed by atoms with Crippen LogP contribution in [0.1, 0.15) is 72.0 Å². The maximum Gasteiger partial charge on any atom is 0.272 e. The van der Waals surface area contributed by atoms with E-state index in [2.05, 4.69) is 14.9 Å². The number of nitrogens with zero attached hydrogens (tertiary/aromatic N) is 3. The molecule has 1 heterocycles. The second-order valence-corrected chi connectivity index (χ2v) is 8.45. The van der Waals surface area contributed by atoms with E-state index in [4.69, 9.17) is 4.99 Å². The summed E-state index contributed by atoms with van der Waals surface area (Å²) < 4.78 is 2.11. The molecular weight excluding hydrogens is 400 g/mol. The minimum absolute atomic E-state index is 0.0791. The number of carbonyl (C=O) groups is 1. The molecule has 2 aromatic carbocycles. The van der Waals surface area contributed by atoms with Crippen molar-refractivity contribution >= 4 is 12.1 Å². The standard InChI is InChI=1S/C26H30N4O2/c1-18(20-10-4-3-5-11-20)29-26(32)25-19(2)30(17-28-25)23-14-8-7-13-22(23)27-16-21-12-6-9-15-24(21)31/h3-6,9-12,15-18,22-23,31H,7-8,13-14H2,1-2H3,(H,29,32)/t18-,22+,23+/m0/s1. The first-order valence-electron chi connectivity index (χ1n) is 11.2. The Morgan fingerprint density at radius 1 is 1.16 bits per heavy atom. The summed E-state index contributed by atoms with van der Waals surface area (Å²) in [5.74, 6) is 0.0663. The largest absolute Gasteiger partial charge is 0.507 e. The minimum atomic E-state index is -0.164. The van der Waals surface area contributed by atoms with Gasteiger partial charge >= 0.3 is 0 Å². The molecule has 0 spiro atoms. The summed E-state index contributed by atoms with van der Waals surface area (Å²) in [6.45, 7) is 3.93. The van der Waals surface area contributed by atoms with Crippen LogP contribution in [0.2, 0.25) is 0 Å². The van der Waals surface area contributed by atoms with Gasteiger partial charge < -0.3 is 15.0 Å². The van der Waals surface area contributed by atoms with Crippen LogP contribution in [0.4, 0.5) is 0 Å². The molecule has 1 saturated carbocycles. The molecule has 166 valence electrons. The molecule has 1 aliphatic rings. The normalized spacial score (nSPS) is 19.7. The molecule has 3 aromatic rings. The van der Waals surface area contributed by atoms with E-state index in [-0.39, 0.29) is 29.8 Å². The molecule has 2 N–H and O–H groups in total. The fourth-order valence-electron chi connectivity index (χ4n) is 4.43.